The lowest BCUT2D eigenvalue weighted by Crippen LogP contribution is -2.43. The van der Waals surface area contributed by atoms with Gasteiger partial charge in [0, 0.05) is 0 Å². The van der Waals surface area contributed by atoms with Crippen molar-refractivity contribution >= 4 is 5.97 Å². The van der Waals surface area contributed by atoms with Gasteiger partial charge in [-0.15, -0.1) is 0 Å². The van der Waals surface area contributed by atoms with E-state index in [-0.39, 0.29) is 5.97 Å². The average Bonchev–Trinajstić information content (AvgIpc) is 2.30. The van der Waals surface area contributed by atoms with Crippen LogP contribution in [0.3, 0.4) is 0 Å². The number of hydrogen-bond acceptors (Lipinski definition) is 3. The molecule has 0 aromatic heterocycles. The molecule has 0 aliphatic carbocycles. The Labute approximate surface area is 103 Å². The summed E-state index contributed by atoms with van der Waals surface area (Å²) in [6.07, 6.45) is 2.15. The Morgan fingerprint density at radius 3 is 2.35 bits per heavy atom. The summed E-state index contributed by atoms with van der Waals surface area (Å²) in [5, 5.41) is 0. The zero-order valence-electron chi connectivity index (χ0n) is 10.8. The minimum absolute atomic E-state index is 0.347. The second-order valence-corrected chi connectivity index (χ2v) is 4.37. The maximum Gasteiger partial charge on any atom is 0.330 e. The average molecular weight is 235 g/mol. The molecule has 0 saturated carbocycles. The molecule has 0 heterocycles. The second kappa shape index (κ2) is 5.82. The summed E-state index contributed by atoms with van der Waals surface area (Å²) in [5.41, 5.74) is 7.00. The van der Waals surface area contributed by atoms with E-state index in [0.29, 0.717) is 6.61 Å². The Balaban J connectivity index is 2.87. The predicted octanol–water partition coefficient (Wildman–Crippen LogP) is 2.38. The van der Waals surface area contributed by atoms with Crippen molar-refractivity contribution < 1.29 is 9.53 Å². The van der Waals surface area contributed by atoms with Crippen LogP contribution in [-0.2, 0) is 21.5 Å². The molecular weight excluding hydrogens is 214 g/mol. The van der Waals surface area contributed by atoms with Gasteiger partial charge in [-0.25, -0.2) is 4.79 Å². The first-order chi connectivity index (χ1) is 8.02. The third kappa shape index (κ3) is 3.30. The quantitative estimate of drug-likeness (QED) is 0.797. The van der Waals surface area contributed by atoms with Gasteiger partial charge >= 0.3 is 5.97 Å². The van der Waals surface area contributed by atoms with E-state index in [1.807, 2.05) is 24.3 Å². The number of hydrogen-bond donors (Lipinski definition) is 1. The highest BCUT2D eigenvalue weighted by Crippen LogP contribution is 2.20. The topological polar surface area (TPSA) is 52.3 Å². The van der Waals surface area contributed by atoms with E-state index in [9.17, 15) is 4.79 Å². The molecule has 0 amide bonds. The van der Waals surface area contributed by atoms with Gasteiger partial charge in [-0.3, -0.25) is 0 Å². The van der Waals surface area contributed by atoms with Crippen molar-refractivity contribution in [1.82, 2.24) is 0 Å². The third-order valence-corrected chi connectivity index (χ3v) is 2.79. The minimum atomic E-state index is -1.07. The zero-order chi connectivity index (χ0) is 12.9. The smallest absolute Gasteiger partial charge is 0.330 e. The third-order valence-electron chi connectivity index (χ3n) is 2.79. The fraction of sp³-hybridized carbons (Fsp3) is 0.500. The highest BCUT2D eigenvalue weighted by Gasteiger charge is 2.31. The van der Waals surface area contributed by atoms with Crippen molar-refractivity contribution in [2.75, 3.05) is 6.61 Å². The lowest BCUT2D eigenvalue weighted by molar-refractivity contribution is -0.149. The Bertz CT molecular complexity index is 368. The molecule has 2 N–H and O–H groups in total. The predicted molar refractivity (Wildman–Crippen MR) is 68.6 cm³/mol. The van der Waals surface area contributed by atoms with E-state index in [4.69, 9.17) is 10.5 Å². The van der Waals surface area contributed by atoms with Gasteiger partial charge in [0.1, 0.15) is 5.54 Å². The molecule has 0 aliphatic rings. The zero-order valence-corrected chi connectivity index (χ0v) is 10.8. The molecule has 0 fully saturated rings. The number of nitrogens with two attached hydrogens (primary N) is 1. The Morgan fingerprint density at radius 2 is 1.88 bits per heavy atom. The summed E-state index contributed by atoms with van der Waals surface area (Å²) >= 11 is 0. The van der Waals surface area contributed by atoms with Gasteiger partial charge in [0.2, 0.25) is 0 Å². The SMILES string of the molecule is CCCc1ccc(C(C)(N)C(=O)OCC)cc1. The Morgan fingerprint density at radius 1 is 1.29 bits per heavy atom. The molecule has 1 rings (SSSR count). The Hall–Kier alpha value is -1.35. The van der Waals surface area contributed by atoms with E-state index in [0.717, 1.165) is 18.4 Å². The molecule has 1 atom stereocenters. The summed E-state index contributed by atoms with van der Waals surface area (Å²) in [7, 11) is 0. The molecule has 1 aromatic carbocycles. The maximum atomic E-state index is 11.7. The van der Waals surface area contributed by atoms with Crippen LogP contribution in [0, 0.1) is 0 Å². The van der Waals surface area contributed by atoms with Crippen molar-refractivity contribution in [3.8, 4) is 0 Å². The largest absolute Gasteiger partial charge is 0.464 e. The van der Waals surface area contributed by atoms with Crippen LogP contribution in [0.15, 0.2) is 24.3 Å². The standard InChI is InChI=1S/C14H21NO2/c1-4-6-11-7-9-12(10-8-11)14(3,15)13(16)17-5-2/h7-10H,4-6,15H2,1-3H3. The van der Waals surface area contributed by atoms with Crippen molar-refractivity contribution in [2.45, 2.75) is 39.2 Å². The van der Waals surface area contributed by atoms with Crippen LogP contribution >= 0.6 is 0 Å². The molecule has 3 heteroatoms. The van der Waals surface area contributed by atoms with Crippen molar-refractivity contribution in [2.24, 2.45) is 5.73 Å². The van der Waals surface area contributed by atoms with Crippen LogP contribution in [0.4, 0.5) is 0 Å². The first-order valence-electron chi connectivity index (χ1n) is 6.07. The molecule has 0 saturated heterocycles. The van der Waals surface area contributed by atoms with Gasteiger partial charge in [-0.05, 0) is 31.4 Å². The summed E-state index contributed by atoms with van der Waals surface area (Å²) in [4.78, 5) is 11.7. The number of carbonyl (C=O) groups excluding carboxylic acids is 1. The molecule has 1 aromatic rings. The van der Waals surface area contributed by atoms with Gasteiger partial charge in [-0.1, -0.05) is 37.6 Å². The number of benzene rings is 1. The van der Waals surface area contributed by atoms with E-state index < -0.39 is 5.54 Å². The highest BCUT2D eigenvalue weighted by atomic mass is 16.5. The second-order valence-electron chi connectivity index (χ2n) is 4.37. The number of carbonyl (C=O) groups is 1. The first-order valence-corrected chi connectivity index (χ1v) is 6.07. The van der Waals surface area contributed by atoms with E-state index in [2.05, 4.69) is 6.92 Å². The van der Waals surface area contributed by atoms with Gasteiger partial charge in [-0.2, -0.15) is 0 Å². The molecular formula is C14H21NO2. The summed E-state index contributed by atoms with van der Waals surface area (Å²) in [5.74, 6) is -0.386. The molecule has 17 heavy (non-hydrogen) atoms. The Kier molecular flexibility index (Phi) is 4.70. The van der Waals surface area contributed by atoms with E-state index in [1.54, 1.807) is 13.8 Å². The molecule has 1 unspecified atom stereocenters. The van der Waals surface area contributed by atoms with Crippen LogP contribution in [0.25, 0.3) is 0 Å². The van der Waals surface area contributed by atoms with E-state index in [1.165, 1.54) is 5.56 Å². The van der Waals surface area contributed by atoms with Crippen LogP contribution in [0.5, 0.6) is 0 Å². The van der Waals surface area contributed by atoms with Crippen LogP contribution in [0.2, 0.25) is 0 Å². The van der Waals surface area contributed by atoms with Crippen molar-refractivity contribution in [3.63, 3.8) is 0 Å². The number of aryl methyl sites for hydroxylation is 1. The summed E-state index contributed by atoms with van der Waals surface area (Å²) in [6, 6.07) is 7.84. The number of rotatable bonds is 5. The number of ether oxygens (including phenoxy) is 1. The van der Waals surface area contributed by atoms with Gasteiger partial charge in [0.05, 0.1) is 6.61 Å². The maximum absolute atomic E-state index is 11.7. The van der Waals surface area contributed by atoms with Crippen LogP contribution in [-0.4, -0.2) is 12.6 Å². The fourth-order valence-corrected chi connectivity index (χ4v) is 1.71. The normalized spacial score (nSPS) is 14.1. The van der Waals surface area contributed by atoms with Crippen molar-refractivity contribution in [1.29, 1.82) is 0 Å². The molecule has 3 nitrogen and oxygen atoms in total. The highest BCUT2D eigenvalue weighted by molar-refractivity contribution is 5.81. The van der Waals surface area contributed by atoms with Gasteiger partial charge in [0.15, 0.2) is 0 Å². The minimum Gasteiger partial charge on any atom is -0.464 e. The molecule has 0 radical (unpaired) electrons. The summed E-state index contributed by atoms with van der Waals surface area (Å²) in [6.45, 7) is 5.94. The number of esters is 1. The monoisotopic (exact) mass is 235 g/mol. The van der Waals surface area contributed by atoms with E-state index >= 15 is 0 Å². The lowest BCUT2D eigenvalue weighted by Gasteiger charge is -2.22. The first kappa shape index (κ1) is 13.7. The lowest BCUT2D eigenvalue weighted by atomic mass is 9.92. The fourth-order valence-electron chi connectivity index (χ4n) is 1.71. The molecule has 0 spiro atoms. The van der Waals surface area contributed by atoms with Crippen molar-refractivity contribution in [3.05, 3.63) is 35.4 Å². The molecule has 0 aliphatic heterocycles. The van der Waals surface area contributed by atoms with Crippen LogP contribution < -0.4 is 5.73 Å². The van der Waals surface area contributed by atoms with Crippen LogP contribution in [0.1, 0.15) is 38.3 Å². The molecule has 94 valence electrons. The summed E-state index contributed by atoms with van der Waals surface area (Å²) < 4.78 is 4.97. The van der Waals surface area contributed by atoms with Gasteiger partial charge in [0.25, 0.3) is 0 Å². The molecule has 0 bridgehead atoms. The van der Waals surface area contributed by atoms with Gasteiger partial charge < -0.3 is 10.5 Å².